The molecule has 2 nitrogen and oxygen atoms in total. The van der Waals surface area contributed by atoms with Crippen LogP contribution in [0.5, 0.6) is 0 Å². The summed E-state index contributed by atoms with van der Waals surface area (Å²) in [4.78, 5) is 0. The molecule has 1 aliphatic rings. The van der Waals surface area contributed by atoms with Gasteiger partial charge in [-0.05, 0) is 38.5 Å². The summed E-state index contributed by atoms with van der Waals surface area (Å²) in [5.41, 5.74) is 0. The van der Waals surface area contributed by atoms with E-state index in [9.17, 15) is 0 Å². The molecule has 2 N–H and O–H groups in total. The predicted octanol–water partition coefficient (Wildman–Crippen LogP) is 2.02. The summed E-state index contributed by atoms with van der Waals surface area (Å²) in [5, 5.41) is 12.1. The number of rotatable bonds is 9. The lowest BCUT2D eigenvalue weighted by Gasteiger charge is -2.12. The maximum atomic E-state index is 8.60. The Kier molecular flexibility index (Phi) is 5.90. The lowest BCUT2D eigenvalue weighted by Crippen LogP contribution is -2.26. The van der Waals surface area contributed by atoms with Crippen molar-refractivity contribution >= 4 is 11.8 Å². The molecule has 0 radical (unpaired) electrons. The second-order valence-electron chi connectivity index (χ2n) is 4.20. The number of unbranched alkanes of at least 4 members (excludes halogenated alkanes) is 3. The van der Waals surface area contributed by atoms with Gasteiger partial charge in [-0.25, -0.2) is 0 Å². The molecule has 0 aromatic rings. The molecule has 0 atom stereocenters. The fourth-order valence-corrected chi connectivity index (χ4v) is 2.38. The van der Waals surface area contributed by atoms with Gasteiger partial charge in [0.25, 0.3) is 0 Å². The predicted molar refractivity (Wildman–Crippen MR) is 63.9 cm³/mol. The van der Waals surface area contributed by atoms with Crippen molar-refractivity contribution in [1.82, 2.24) is 5.32 Å². The molecule has 1 fully saturated rings. The normalized spacial score (nSPS) is 18.4. The molecule has 0 bridgehead atoms. The first kappa shape index (κ1) is 12.3. The standard InChI is InChI=1S/C11H23NOS/c1-14-11(6-7-11)10-12-8-4-2-3-5-9-13/h12-13H,2-10H2,1H3. The Morgan fingerprint density at radius 3 is 2.50 bits per heavy atom. The van der Waals surface area contributed by atoms with Crippen molar-refractivity contribution in [2.24, 2.45) is 0 Å². The van der Waals surface area contributed by atoms with Crippen LogP contribution in [-0.4, -0.2) is 35.8 Å². The molecular weight excluding hydrogens is 194 g/mol. The summed E-state index contributed by atoms with van der Waals surface area (Å²) in [6, 6.07) is 0. The van der Waals surface area contributed by atoms with Crippen molar-refractivity contribution in [3.05, 3.63) is 0 Å². The third-order valence-electron chi connectivity index (χ3n) is 2.95. The number of aliphatic hydroxyl groups is 1. The molecule has 0 aliphatic heterocycles. The Morgan fingerprint density at radius 2 is 1.93 bits per heavy atom. The van der Waals surface area contributed by atoms with Gasteiger partial charge in [-0.1, -0.05) is 12.8 Å². The van der Waals surface area contributed by atoms with Gasteiger partial charge in [0.1, 0.15) is 0 Å². The highest BCUT2D eigenvalue weighted by atomic mass is 32.2. The van der Waals surface area contributed by atoms with Gasteiger partial charge in [0, 0.05) is 17.9 Å². The Hall–Kier alpha value is 0.270. The third-order valence-corrected chi connectivity index (χ3v) is 4.37. The van der Waals surface area contributed by atoms with Gasteiger partial charge in [-0.3, -0.25) is 0 Å². The third kappa shape index (κ3) is 4.67. The minimum Gasteiger partial charge on any atom is -0.396 e. The fraction of sp³-hybridized carbons (Fsp3) is 1.00. The van der Waals surface area contributed by atoms with Crippen LogP contribution in [0.15, 0.2) is 0 Å². The van der Waals surface area contributed by atoms with E-state index in [0.29, 0.717) is 11.4 Å². The van der Waals surface area contributed by atoms with Crippen molar-refractivity contribution in [3.63, 3.8) is 0 Å². The smallest absolute Gasteiger partial charge is 0.0431 e. The summed E-state index contributed by atoms with van der Waals surface area (Å²) < 4.78 is 0.602. The van der Waals surface area contributed by atoms with Crippen LogP contribution < -0.4 is 5.32 Å². The monoisotopic (exact) mass is 217 g/mol. The Morgan fingerprint density at radius 1 is 1.21 bits per heavy atom. The van der Waals surface area contributed by atoms with E-state index in [-0.39, 0.29) is 0 Å². The molecule has 1 rings (SSSR count). The Balaban J connectivity index is 1.80. The fourth-order valence-electron chi connectivity index (χ4n) is 1.62. The van der Waals surface area contributed by atoms with Crippen LogP contribution in [0.2, 0.25) is 0 Å². The first-order valence-corrected chi connectivity index (χ1v) is 6.92. The summed E-state index contributed by atoms with van der Waals surface area (Å²) in [6.07, 6.45) is 9.65. The second-order valence-corrected chi connectivity index (χ2v) is 5.48. The van der Waals surface area contributed by atoms with Crippen LogP contribution in [0.4, 0.5) is 0 Å². The second kappa shape index (κ2) is 6.70. The van der Waals surface area contributed by atoms with Gasteiger partial charge in [0.2, 0.25) is 0 Å². The molecule has 0 heterocycles. The molecular formula is C11H23NOS. The number of hydrogen-bond acceptors (Lipinski definition) is 3. The summed E-state index contributed by atoms with van der Waals surface area (Å²) >= 11 is 2.01. The van der Waals surface area contributed by atoms with Crippen molar-refractivity contribution in [2.75, 3.05) is 26.0 Å². The van der Waals surface area contributed by atoms with E-state index in [1.807, 2.05) is 11.8 Å². The topological polar surface area (TPSA) is 32.3 Å². The molecule has 0 saturated heterocycles. The van der Waals surface area contributed by atoms with Crippen molar-refractivity contribution < 1.29 is 5.11 Å². The first-order chi connectivity index (χ1) is 6.83. The number of thioether (sulfide) groups is 1. The molecule has 0 unspecified atom stereocenters. The molecule has 0 aromatic heterocycles. The van der Waals surface area contributed by atoms with Gasteiger partial charge in [-0.2, -0.15) is 11.8 Å². The molecule has 3 heteroatoms. The van der Waals surface area contributed by atoms with E-state index in [1.165, 1.54) is 38.6 Å². The SMILES string of the molecule is CSC1(CNCCCCCCO)CC1. The van der Waals surface area contributed by atoms with Gasteiger partial charge in [0.15, 0.2) is 0 Å². The zero-order valence-corrected chi connectivity index (χ0v) is 10.0. The minimum absolute atomic E-state index is 0.350. The van der Waals surface area contributed by atoms with E-state index < -0.39 is 0 Å². The molecule has 84 valence electrons. The first-order valence-electron chi connectivity index (χ1n) is 5.70. The van der Waals surface area contributed by atoms with Crippen LogP contribution in [0.1, 0.15) is 38.5 Å². The molecule has 0 amide bonds. The number of hydrogen-bond donors (Lipinski definition) is 2. The average molecular weight is 217 g/mol. The van der Waals surface area contributed by atoms with Crippen LogP contribution in [0, 0.1) is 0 Å². The van der Waals surface area contributed by atoms with E-state index in [4.69, 9.17) is 5.11 Å². The van der Waals surface area contributed by atoms with Crippen LogP contribution in [0.25, 0.3) is 0 Å². The summed E-state index contributed by atoms with van der Waals surface area (Å²) in [6.45, 7) is 2.69. The highest BCUT2D eigenvalue weighted by Gasteiger charge is 2.41. The van der Waals surface area contributed by atoms with Crippen LogP contribution >= 0.6 is 11.8 Å². The largest absolute Gasteiger partial charge is 0.396 e. The van der Waals surface area contributed by atoms with Crippen LogP contribution in [0.3, 0.4) is 0 Å². The van der Waals surface area contributed by atoms with Crippen molar-refractivity contribution in [1.29, 1.82) is 0 Å². The maximum absolute atomic E-state index is 8.60. The quantitative estimate of drug-likeness (QED) is 0.580. The summed E-state index contributed by atoms with van der Waals surface area (Å²) in [5.74, 6) is 0. The van der Waals surface area contributed by atoms with E-state index in [2.05, 4.69) is 11.6 Å². The van der Waals surface area contributed by atoms with Gasteiger partial charge < -0.3 is 10.4 Å². The van der Waals surface area contributed by atoms with Crippen molar-refractivity contribution in [3.8, 4) is 0 Å². The maximum Gasteiger partial charge on any atom is 0.0431 e. The molecule has 0 spiro atoms. The minimum atomic E-state index is 0.350. The van der Waals surface area contributed by atoms with Gasteiger partial charge in [0.05, 0.1) is 0 Å². The van der Waals surface area contributed by atoms with E-state index >= 15 is 0 Å². The Bertz CT molecular complexity index is 148. The van der Waals surface area contributed by atoms with Gasteiger partial charge >= 0.3 is 0 Å². The number of nitrogens with one attached hydrogen (secondary N) is 1. The summed E-state index contributed by atoms with van der Waals surface area (Å²) in [7, 11) is 0. The van der Waals surface area contributed by atoms with Crippen molar-refractivity contribution in [2.45, 2.75) is 43.3 Å². The zero-order chi connectivity index (χ0) is 10.3. The van der Waals surface area contributed by atoms with E-state index in [0.717, 1.165) is 13.0 Å². The lowest BCUT2D eigenvalue weighted by atomic mass is 10.2. The average Bonchev–Trinajstić information content (AvgIpc) is 2.98. The lowest BCUT2D eigenvalue weighted by molar-refractivity contribution is 0.282. The Labute approximate surface area is 91.9 Å². The highest BCUT2D eigenvalue weighted by molar-refractivity contribution is 8.00. The molecule has 14 heavy (non-hydrogen) atoms. The molecule has 1 aliphatic carbocycles. The zero-order valence-electron chi connectivity index (χ0n) is 9.22. The van der Waals surface area contributed by atoms with Crippen LogP contribution in [-0.2, 0) is 0 Å². The van der Waals surface area contributed by atoms with E-state index in [1.54, 1.807) is 0 Å². The number of aliphatic hydroxyl groups excluding tert-OH is 1. The van der Waals surface area contributed by atoms with Gasteiger partial charge in [-0.15, -0.1) is 0 Å². The highest BCUT2D eigenvalue weighted by Crippen LogP contribution is 2.46. The molecule has 1 saturated carbocycles. The molecule has 0 aromatic carbocycles.